The predicted molar refractivity (Wildman–Crippen MR) is 124 cm³/mol. The molecule has 0 spiro atoms. The third kappa shape index (κ3) is 7.03. The molecule has 1 N–H and O–H groups in total. The smallest absolute Gasteiger partial charge is 0.338 e. The van der Waals surface area contributed by atoms with Crippen LogP contribution in [0.15, 0.2) is 42.5 Å². The van der Waals surface area contributed by atoms with E-state index in [0.717, 1.165) is 11.6 Å². The third-order valence-corrected chi connectivity index (χ3v) is 4.82. The standard InChI is InChI=1S/C23H28N4O6/c1-5-12-26(14-21(28)24-18-9-7-6-8-16(18)2)22(29)15-33-23(30)17-10-11-19(25(3)4)20(13-17)27(31)32/h6-11,13H,5,12,14-15H2,1-4H3,(H,24,28). The number of hydrogen-bond donors (Lipinski definition) is 1. The van der Waals surface area contributed by atoms with Crippen LogP contribution in [-0.2, 0) is 14.3 Å². The van der Waals surface area contributed by atoms with Gasteiger partial charge in [0.15, 0.2) is 6.61 Å². The van der Waals surface area contributed by atoms with Gasteiger partial charge in [0.25, 0.3) is 11.6 Å². The van der Waals surface area contributed by atoms with Crippen LogP contribution in [0.5, 0.6) is 0 Å². The lowest BCUT2D eigenvalue weighted by Crippen LogP contribution is -2.40. The number of carbonyl (C=O) groups is 3. The highest BCUT2D eigenvalue weighted by molar-refractivity contribution is 5.96. The number of benzene rings is 2. The van der Waals surface area contributed by atoms with Gasteiger partial charge in [-0.3, -0.25) is 19.7 Å². The maximum atomic E-state index is 12.6. The van der Waals surface area contributed by atoms with Crippen molar-refractivity contribution in [2.24, 2.45) is 0 Å². The number of nitrogens with zero attached hydrogens (tertiary/aromatic N) is 3. The van der Waals surface area contributed by atoms with E-state index < -0.39 is 23.4 Å². The summed E-state index contributed by atoms with van der Waals surface area (Å²) in [5.74, 6) is -1.77. The maximum absolute atomic E-state index is 12.6. The molecular formula is C23H28N4O6. The molecule has 10 heteroatoms. The number of hydrogen-bond acceptors (Lipinski definition) is 7. The van der Waals surface area contributed by atoms with Crippen molar-refractivity contribution in [1.82, 2.24) is 4.90 Å². The summed E-state index contributed by atoms with van der Waals surface area (Å²) in [5, 5.41) is 14.1. The highest BCUT2D eigenvalue weighted by Crippen LogP contribution is 2.28. The summed E-state index contributed by atoms with van der Waals surface area (Å²) in [4.78, 5) is 51.0. The number of esters is 1. The molecule has 0 unspecified atom stereocenters. The Morgan fingerprint density at radius 1 is 1.12 bits per heavy atom. The van der Waals surface area contributed by atoms with E-state index in [1.807, 2.05) is 26.0 Å². The quantitative estimate of drug-likeness (QED) is 0.331. The molecule has 0 heterocycles. The fraction of sp³-hybridized carbons (Fsp3) is 0.348. The molecule has 0 aliphatic rings. The van der Waals surface area contributed by atoms with Crippen molar-refractivity contribution in [2.75, 3.05) is 44.0 Å². The van der Waals surface area contributed by atoms with Crippen LogP contribution in [0.3, 0.4) is 0 Å². The Balaban J connectivity index is 2.02. The van der Waals surface area contributed by atoms with Crippen LogP contribution in [-0.4, -0.2) is 61.4 Å². The van der Waals surface area contributed by atoms with Gasteiger partial charge in [-0.2, -0.15) is 0 Å². The zero-order valence-corrected chi connectivity index (χ0v) is 19.2. The van der Waals surface area contributed by atoms with Gasteiger partial charge in [-0.15, -0.1) is 0 Å². The van der Waals surface area contributed by atoms with Crippen LogP contribution in [0.2, 0.25) is 0 Å². The van der Waals surface area contributed by atoms with Crippen LogP contribution in [0.4, 0.5) is 17.1 Å². The molecule has 2 rings (SSSR count). The second kappa shape index (κ2) is 11.6. The van der Waals surface area contributed by atoms with Gasteiger partial charge in [0.1, 0.15) is 5.69 Å². The molecule has 10 nitrogen and oxygen atoms in total. The first kappa shape index (κ1) is 25.3. The normalized spacial score (nSPS) is 10.3. The number of carbonyl (C=O) groups excluding carboxylic acids is 3. The number of ether oxygens (including phenoxy) is 1. The fourth-order valence-electron chi connectivity index (χ4n) is 3.11. The Labute approximate surface area is 192 Å². The van der Waals surface area contributed by atoms with Gasteiger partial charge in [-0.05, 0) is 37.1 Å². The summed E-state index contributed by atoms with van der Waals surface area (Å²) >= 11 is 0. The van der Waals surface area contributed by atoms with Gasteiger partial charge in [0, 0.05) is 32.4 Å². The van der Waals surface area contributed by atoms with Gasteiger partial charge < -0.3 is 19.9 Å². The number of nitro benzene ring substituents is 1. The average Bonchev–Trinajstić information content (AvgIpc) is 2.77. The van der Waals surface area contributed by atoms with Gasteiger partial charge in [0.05, 0.1) is 17.0 Å². The summed E-state index contributed by atoms with van der Waals surface area (Å²) in [5.41, 5.74) is 1.59. The lowest BCUT2D eigenvalue weighted by Gasteiger charge is -2.21. The summed E-state index contributed by atoms with van der Waals surface area (Å²) in [6.07, 6.45) is 0.607. The van der Waals surface area contributed by atoms with E-state index in [-0.39, 0.29) is 23.7 Å². The first-order valence-electron chi connectivity index (χ1n) is 10.4. The lowest BCUT2D eigenvalue weighted by molar-refractivity contribution is -0.384. The van der Waals surface area contributed by atoms with E-state index >= 15 is 0 Å². The van der Waals surface area contributed by atoms with Crippen LogP contribution in [0, 0.1) is 17.0 Å². The highest BCUT2D eigenvalue weighted by Gasteiger charge is 2.22. The SMILES string of the molecule is CCCN(CC(=O)Nc1ccccc1C)C(=O)COC(=O)c1ccc(N(C)C)c([N+](=O)[O-])c1. The number of nitrogens with one attached hydrogen (secondary N) is 1. The summed E-state index contributed by atoms with van der Waals surface area (Å²) in [7, 11) is 3.30. The average molecular weight is 456 g/mol. The fourth-order valence-corrected chi connectivity index (χ4v) is 3.11. The second-order valence-electron chi connectivity index (χ2n) is 7.61. The number of nitro groups is 1. The Morgan fingerprint density at radius 2 is 1.82 bits per heavy atom. The molecule has 0 atom stereocenters. The molecule has 2 amide bonds. The topological polar surface area (TPSA) is 122 Å². The Kier molecular flexibility index (Phi) is 8.90. The van der Waals surface area contributed by atoms with Crippen molar-refractivity contribution < 1.29 is 24.0 Å². The molecule has 0 saturated carbocycles. The molecule has 0 radical (unpaired) electrons. The Hall–Kier alpha value is -3.95. The summed E-state index contributed by atoms with van der Waals surface area (Å²) < 4.78 is 5.07. The monoisotopic (exact) mass is 456 g/mol. The Bertz CT molecular complexity index is 1040. The lowest BCUT2D eigenvalue weighted by atomic mass is 10.1. The van der Waals surface area contributed by atoms with Crippen molar-refractivity contribution in [3.05, 3.63) is 63.7 Å². The van der Waals surface area contributed by atoms with Crippen LogP contribution in [0.1, 0.15) is 29.3 Å². The first-order chi connectivity index (χ1) is 15.6. The van der Waals surface area contributed by atoms with Gasteiger partial charge >= 0.3 is 5.97 Å². The minimum Gasteiger partial charge on any atom is -0.452 e. The Morgan fingerprint density at radius 3 is 2.42 bits per heavy atom. The van der Waals surface area contributed by atoms with E-state index in [4.69, 9.17) is 4.74 Å². The van der Waals surface area contributed by atoms with Gasteiger partial charge in [-0.1, -0.05) is 25.1 Å². The van der Waals surface area contributed by atoms with Crippen molar-refractivity contribution in [3.63, 3.8) is 0 Å². The van der Waals surface area contributed by atoms with Crippen molar-refractivity contribution in [1.29, 1.82) is 0 Å². The molecule has 0 fully saturated rings. The van der Waals surface area contributed by atoms with E-state index in [1.54, 1.807) is 31.1 Å². The maximum Gasteiger partial charge on any atom is 0.338 e. The minimum absolute atomic E-state index is 0.0422. The largest absolute Gasteiger partial charge is 0.452 e. The van der Waals surface area contributed by atoms with Gasteiger partial charge in [0.2, 0.25) is 5.91 Å². The van der Waals surface area contributed by atoms with E-state index in [2.05, 4.69) is 5.32 Å². The summed E-state index contributed by atoms with van der Waals surface area (Å²) in [6, 6.07) is 11.2. The highest BCUT2D eigenvalue weighted by atomic mass is 16.6. The molecule has 0 aliphatic heterocycles. The van der Waals surface area contributed by atoms with Crippen molar-refractivity contribution >= 4 is 34.8 Å². The number of aryl methyl sites for hydroxylation is 1. The summed E-state index contributed by atoms with van der Waals surface area (Å²) in [6.45, 7) is 3.25. The van der Waals surface area contributed by atoms with Crippen LogP contribution < -0.4 is 10.2 Å². The molecule has 0 bridgehead atoms. The van der Waals surface area contributed by atoms with E-state index in [1.165, 1.54) is 17.0 Å². The number of rotatable bonds is 10. The van der Waals surface area contributed by atoms with Crippen LogP contribution in [0.25, 0.3) is 0 Å². The molecule has 0 saturated heterocycles. The number of anilines is 2. The van der Waals surface area contributed by atoms with Crippen LogP contribution >= 0.6 is 0 Å². The number of amides is 2. The second-order valence-corrected chi connectivity index (χ2v) is 7.61. The first-order valence-corrected chi connectivity index (χ1v) is 10.4. The molecule has 33 heavy (non-hydrogen) atoms. The van der Waals surface area contributed by atoms with E-state index in [0.29, 0.717) is 24.3 Å². The third-order valence-electron chi connectivity index (χ3n) is 4.82. The predicted octanol–water partition coefficient (Wildman–Crippen LogP) is 3.00. The molecule has 2 aromatic carbocycles. The van der Waals surface area contributed by atoms with Gasteiger partial charge in [-0.25, -0.2) is 4.79 Å². The van der Waals surface area contributed by atoms with E-state index in [9.17, 15) is 24.5 Å². The number of para-hydroxylation sites is 1. The molecule has 0 aliphatic carbocycles. The molecule has 2 aromatic rings. The zero-order valence-electron chi connectivity index (χ0n) is 19.2. The van der Waals surface area contributed by atoms with Crippen molar-refractivity contribution in [2.45, 2.75) is 20.3 Å². The molecule has 0 aromatic heterocycles. The van der Waals surface area contributed by atoms with Crippen molar-refractivity contribution in [3.8, 4) is 0 Å². The molecular weight excluding hydrogens is 428 g/mol. The zero-order chi connectivity index (χ0) is 24.5. The molecule has 176 valence electrons. The minimum atomic E-state index is -0.863.